The lowest BCUT2D eigenvalue weighted by Crippen LogP contribution is -2.46. The van der Waals surface area contributed by atoms with Crippen molar-refractivity contribution < 1.29 is 5.21 Å². The first-order chi connectivity index (χ1) is 5.70. The molecule has 0 aliphatic rings. The molecule has 0 aliphatic carbocycles. The van der Waals surface area contributed by atoms with Gasteiger partial charge in [-0.3, -0.25) is 9.59 Å². The van der Waals surface area contributed by atoms with Crippen LogP contribution in [0.15, 0.2) is 32.0 Å². The molecule has 0 aliphatic heterocycles. The Morgan fingerprint density at radius 2 is 2.00 bits per heavy atom. The first-order valence-electron chi connectivity index (χ1n) is 2.90. The smallest absolute Gasteiger partial charge is 0.236 e. The van der Waals surface area contributed by atoms with E-state index in [2.05, 4.69) is 10.3 Å². The van der Waals surface area contributed by atoms with E-state index in [0.29, 0.717) is 0 Å². The molecule has 1 aromatic carbocycles. The molecule has 1 rings (SSSR count). The van der Waals surface area contributed by atoms with E-state index in [1.807, 2.05) is 0 Å². The van der Waals surface area contributed by atoms with Crippen molar-refractivity contribution in [1.29, 1.82) is 0 Å². The monoisotopic (exact) mass is 167 g/mol. The highest BCUT2D eigenvalue weighted by Gasteiger charge is 1.97. The van der Waals surface area contributed by atoms with Crippen LogP contribution in [0.1, 0.15) is 0 Å². The standard InChI is InChI=1S/C6H4N2O4/c9-4-2-1-3(7-11)6(10)5(4)8-12/h1-2,11-12H/p-1/b7-3-,8-5-. The summed E-state index contributed by atoms with van der Waals surface area (Å²) in [5.74, 6) is 0. The van der Waals surface area contributed by atoms with Gasteiger partial charge in [0.05, 0.1) is 0 Å². The minimum atomic E-state index is -0.958. The Hall–Kier alpha value is -1.98. The van der Waals surface area contributed by atoms with Gasteiger partial charge in [-0.25, -0.2) is 0 Å². The van der Waals surface area contributed by atoms with Crippen molar-refractivity contribution in [3.8, 4) is 0 Å². The van der Waals surface area contributed by atoms with Crippen LogP contribution in [0.5, 0.6) is 0 Å². The summed E-state index contributed by atoms with van der Waals surface area (Å²) < 4.78 is 0. The van der Waals surface area contributed by atoms with E-state index < -0.39 is 21.6 Å². The second kappa shape index (κ2) is 2.95. The first-order valence-corrected chi connectivity index (χ1v) is 2.90. The quantitative estimate of drug-likeness (QED) is 0.355. The lowest BCUT2D eigenvalue weighted by molar-refractivity contribution is 0.300. The number of hydrogen-bond donors (Lipinski definition) is 1. The summed E-state index contributed by atoms with van der Waals surface area (Å²) >= 11 is 0. The van der Waals surface area contributed by atoms with E-state index in [4.69, 9.17) is 5.21 Å². The normalized spacial score (nSPS) is 13.7. The molecule has 1 N–H and O–H groups in total. The third-order valence-corrected chi connectivity index (χ3v) is 1.27. The van der Waals surface area contributed by atoms with Gasteiger partial charge in [0, 0.05) is 0 Å². The summed E-state index contributed by atoms with van der Waals surface area (Å²) in [6, 6.07) is 1.92. The number of rotatable bonds is 0. The molecule has 12 heavy (non-hydrogen) atoms. The molecule has 0 bridgehead atoms. The molecule has 0 radical (unpaired) electrons. The number of benzene rings is 1. The molecule has 0 aromatic heterocycles. The van der Waals surface area contributed by atoms with Gasteiger partial charge in [-0.2, -0.15) is 0 Å². The molecular weight excluding hydrogens is 164 g/mol. The van der Waals surface area contributed by atoms with Crippen LogP contribution in [-0.4, -0.2) is 5.21 Å². The highest BCUT2D eigenvalue weighted by Crippen LogP contribution is 1.55. The van der Waals surface area contributed by atoms with Gasteiger partial charge in [0.25, 0.3) is 0 Å². The molecular formula is C6H3N2O4-. The van der Waals surface area contributed by atoms with Crippen molar-refractivity contribution in [3.05, 3.63) is 48.5 Å². The Morgan fingerprint density at radius 3 is 2.50 bits per heavy atom. The van der Waals surface area contributed by atoms with Crippen molar-refractivity contribution in [2.45, 2.75) is 0 Å². The van der Waals surface area contributed by atoms with Crippen LogP contribution in [0.4, 0.5) is 0 Å². The average molecular weight is 167 g/mol. The zero-order valence-electron chi connectivity index (χ0n) is 5.72. The maximum Gasteiger partial charge on any atom is 0.236 e. The van der Waals surface area contributed by atoms with E-state index >= 15 is 0 Å². The SMILES string of the molecule is O=c1cc/c(=N/[O-])c(=O)/c1=N\O. The molecule has 1 aromatic rings. The summed E-state index contributed by atoms with van der Waals surface area (Å²) in [6.07, 6.45) is 0. The van der Waals surface area contributed by atoms with Crippen molar-refractivity contribution in [2.24, 2.45) is 10.3 Å². The molecule has 0 spiro atoms. The largest absolute Gasteiger partial charge is 0.791 e. The minimum absolute atomic E-state index is 0.442. The average Bonchev–Trinajstić information content (AvgIpc) is 2.06. The molecule has 0 atom stereocenters. The molecule has 0 heterocycles. The summed E-state index contributed by atoms with van der Waals surface area (Å²) in [4.78, 5) is 21.6. The van der Waals surface area contributed by atoms with Crippen LogP contribution in [0.2, 0.25) is 0 Å². The molecule has 6 heteroatoms. The maximum absolute atomic E-state index is 10.9. The summed E-state index contributed by atoms with van der Waals surface area (Å²) in [5.41, 5.74) is -1.70. The summed E-state index contributed by atoms with van der Waals surface area (Å²) in [6.45, 7) is 0. The second-order valence-corrected chi connectivity index (χ2v) is 1.95. The fraction of sp³-hybridized carbons (Fsp3) is 0. The third-order valence-electron chi connectivity index (χ3n) is 1.27. The van der Waals surface area contributed by atoms with E-state index in [9.17, 15) is 14.8 Å². The fourth-order valence-corrected chi connectivity index (χ4v) is 0.709. The summed E-state index contributed by atoms with van der Waals surface area (Å²) in [5, 5.41) is 21.8. The Labute approximate surface area is 65.0 Å². The molecule has 6 nitrogen and oxygen atoms in total. The van der Waals surface area contributed by atoms with Gasteiger partial charge < -0.3 is 15.6 Å². The van der Waals surface area contributed by atoms with Crippen LogP contribution < -0.4 is 21.6 Å². The highest BCUT2D eigenvalue weighted by molar-refractivity contribution is 5.01. The van der Waals surface area contributed by atoms with Gasteiger partial charge >= 0.3 is 0 Å². The molecule has 62 valence electrons. The maximum atomic E-state index is 10.9. The highest BCUT2D eigenvalue weighted by atomic mass is 16.4. The zero-order valence-corrected chi connectivity index (χ0v) is 5.72. The van der Waals surface area contributed by atoms with Crippen LogP contribution >= 0.6 is 0 Å². The van der Waals surface area contributed by atoms with Crippen molar-refractivity contribution in [3.63, 3.8) is 0 Å². The van der Waals surface area contributed by atoms with Gasteiger partial charge in [0.15, 0.2) is 5.36 Å². The van der Waals surface area contributed by atoms with Gasteiger partial charge in [-0.1, -0.05) is 5.16 Å². The predicted octanol–water partition coefficient (Wildman–Crippen LogP) is -2.03. The third kappa shape index (κ3) is 1.09. The predicted molar refractivity (Wildman–Crippen MR) is 37.6 cm³/mol. The Bertz CT molecular complexity index is 496. The molecule has 0 fully saturated rings. The number of nitrogens with zero attached hydrogens (tertiary/aromatic N) is 2. The molecule has 0 saturated carbocycles. The Morgan fingerprint density at radius 1 is 1.33 bits per heavy atom. The van der Waals surface area contributed by atoms with Crippen LogP contribution in [0, 0.1) is 5.21 Å². The minimum Gasteiger partial charge on any atom is -0.791 e. The first kappa shape index (κ1) is 8.12. The lowest BCUT2D eigenvalue weighted by atomic mass is 10.3. The molecule has 0 saturated heterocycles. The van der Waals surface area contributed by atoms with Gasteiger partial charge in [-0.05, 0) is 12.1 Å². The van der Waals surface area contributed by atoms with Gasteiger partial charge in [0.1, 0.15) is 5.36 Å². The Kier molecular flexibility index (Phi) is 2.00. The second-order valence-electron chi connectivity index (χ2n) is 1.95. The van der Waals surface area contributed by atoms with Crippen LogP contribution in [0.3, 0.4) is 0 Å². The topological polar surface area (TPSA) is 102 Å². The van der Waals surface area contributed by atoms with E-state index in [-0.39, 0.29) is 0 Å². The van der Waals surface area contributed by atoms with Crippen LogP contribution in [-0.2, 0) is 0 Å². The van der Waals surface area contributed by atoms with E-state index in [1.165, 1.54) is 0 Å². The van der Waals surface area contributed by atoms with E-state index in [1.54, 1.807) is 0 Å². The van der Waals surface area contributed by atoms with Crippen molar-refractivity contribution in [1.82, 2.24) is 0 Å². The summed E-state index contributed by atoms with van der Waals surface area (Å²) in [7, 11) is 0. The molecule has 0 unspecified atom stereocenters. The van der Waals surface area contributed by atoms with E-state index in [0.717, 1.165) is 12.1 Å². The van der Waals surface area contributed by atoms with Crippen molar-refractivity contribution in [2.75, 3.05) is 0 Å². The number of hydrogen-bond acceptors (Lipinski definition) is 6. The van der Waals surface area contributed by atoms with Crippen LogP contribution in [0.25, 0.3) is 0 Å². The lowest BCUT2D eigenvalue weighted by Gasteiger charge is -1.87. The molecule has 0 amide bonds. The van der Waals surface area contributed by atoms with Gasteiger partial charge in [-0.15, -0.1) is 0 Å². The Balaban J connectivity index is 3.96. The zero-order chi connectivity index (χ0) is 9.14. The van der Waals surface area contributed by atoms with Gasteiger partial charge in [0.2, 0.25) is 10.9 Å². The fourth-order valence-electron chi connectivity index (χ4n) is 0.709. The van der Waals surface area contributed by atoms with Crippen molar-refractivity contribution >= 4 is 0 Å².